The smallest absolute Gasteiger partial charge is 0.115 e. The SMILES string of the molecule is OC(c1cnc2ccccc2c1)c1cc(Br)c(Br)s1. The van der Waals surface area contributed by atoms with Gasteiger partial charge >= 0.3 is 0 Å². The number of rotatable bonds is 2. The Morgan fingerprint density at radius 2 is 1.95 bits per heavy atom. The lowest BCUT2D eigenvalue weighted by Crippen LogP contribution is -1.97. The lowest BCUT2D eigenvalue weighted by Gasteiger charge is -2.09. The third kappa shape index (κ3) is 2.60. The number of pyridine rings is 1. The van der Waals surface area contributed by atoms with Crippen LogP contribution in [0.25, 0.3) is 10.9 Å². The number of aromatic nitrogens is 1. The zero-order chi connectivity index (χ0) is 13.4. The van der Waals surface area contributed by atoms with E-state index in [2.05, 4.69) is 36.8 Å². The lowest BCUT2D eigenvalue weighted by molar-refractivity contribution is 0.224. The van der Waals surface area contributed by atoms with E-state index in [0.717, 1.165) is 29.6 Å². The van der Waals surface area contributed by atoms with E-state index < -0.39 is 6.10 Å². The number of fused-ring (bicyclic) bond motifs is 1. The minimum Gasteiger partial charge on any atom is -0.383 e. The van der Waals surface area contributed by atoms with Crippen LogP contribution in [0.5, 0.6) is 0 Å². The van der Waals surface area contributed by atoms with Crippen molar-refractivity contribution in [3.05, 3.63) is 61.3 Å². The van der Waals surface area contributed by atoms with E-state index >= 15 is 0 Å². The highest BCUT2D eigenvalue weighted by Crippen LogP contribution is 2.37. The summed E-state index contributed by atoms with van der Waals surface area (Å²) in [5.74, 6) is 0. The van der Waals surface area contributed by atoms with Crippen LogP contribution in [0.3, 0.4) is 0 Å². The molecule has 96 valence electrons. The van der Waals surface area contributed by atoms with Crippen molar-refractivity contribution in [1.82, 2.24) is 4.98 Å². The van der Waals surface area contributed by atoms with Gasteiger partial charge in [0.1, 0.15) is 6.10 Å². The van der Waals surface area contributed by atoms with E-state index in [1.807, 2.05) is 36.4 Å². The molecule has 2 heterocycles. The van der Waals surface area contributed by atoms with Crippen LogP contribution < -0.4 is 0 Å². The van der Waals surface area contributed by atoms with Crippen molar-refractivity contribution in [3.63, 3.8) is 0 Å². The molecule has 0 saturated carbocycles. The summed E-state index contributed by atoms with van der Waals surface area (Å²) in [6.45, 7) is 0. The van der Waals surface area contributed by atoms with Crippen LogP contribution in [0, 0.1) is 0 Å². The van der Waals surface area contributed by atoms with E-state index in [-0.39, 0.29) is 0 Å². The number of halogens is 2. The van der Waals surface area contributed by atoms with Crippen LogP contribution in [0.15, 0.2) is 50.9 Å². The number of aliphatic hydroxyl groups excluding tert-OH is 1. The van der Waals surface area contributed by atoms with E-state index in [1.165, 1.54) is 11.3 Å². The molecule has 3 rings (SSSR count). The van der Waals surface area contributed by atoms with Crippen LogP contribution in [0.2, 0.25) is 0 Å². The second-order valence-corrected chi connectivity index (χ2v) is 7.39. The van der Waals surface area contributed by atoms with Gasteiger partial charge in [0.05, 0.1) is 9.30 Å². The summed E-state index contributed by atoms with van der Waals surface area (Å²) in [7, 11) is 0. The van der Waals surface area contributed by atoms with E-state index in [9.17, 15) is 5.11 Å². The van der Waals surface area contributed by atoms with Crippen molar-refractivity contribution in [2.24, 2.45) is 0 Å². The summed E-state index contributed by atoms with van der Waals surface area (Å²) in [6.07, 6.45) is 1.08. The fourth-order valence-corrected chi connectivity index (χ4v) is 4.00. The largest absolute Gasteiger partial charge is 0.383 e. The van der Waals surface area contributed by atoms with Gasteiger partial charge in [0, 0.05) is 26.5 Å². The second kappa shape index (κ2) is 5.32. The normalized spacial score (nSPS) is 12.8. The summed E-state index contributed by atoms with van der Waals surface area (Å²) in [6, 6.07) is 11.8. The van der Waals surface area contributed by atoms with Crippen LogP contribution in [0.1, 0.15) is 16.5 Å². The molecule has 2 aromatic heterocycles. The van der Waals surface area contributed by atoms with Crippen molar-refractivity contribution >= 4 is 54.1 Å². The van der Waals surface area contributed by atoms with E-state index in [1.54, 1.807) is 6.20 Å². The molecule has 1 unspecified atom stereocenters. The fourth-order valence-electron chi connectivity index (χ4n) is 1.90. The maximum absolute atomic E-state index is 10.4. The summed E-state index contributed by atoms with van der Waals surface area (Å²) in [4.78, 5) is 5.26. The highest BCUT2D eigenvalue weighted by atomic mass is 79.9. The molecule has 0 radical (unpaired) electrons. The molecule has 19 heavy (non-hydrogen) atoms. The predicted molar refractivity (Wildman–Crippen MR) is 85.5 cm³/mol. The molecular formula is C14H9Br2NOS. The molecule has 0 bridgehead atoms. The molecule has 0 aliphatic carbocycles. The first-order valence-electron chi connectivity index (χ1n) is 5.62. The molecule has 0 saturated heterocycles. The molecular weight excluding hydrogens is 390 g/mol. The quantitative estimate of drug-likeness (QED) is 0.665. The van der Waals surface area contributed by atoms with Crippen LogP contribution >= 0.6 is 43.2 Å². The molecule has 0 fully saturated rings. The summed E-state index contributed by atoms with van der Waals surface area (Å²) < 4.78 is 1.94. The minimum atomic E-state index is -0.648. The van der Waals surface area contributed by atoms with Crippen LogP contribution in [-0.2, 0) is 0 Å². The number of para-hydroxylation sites is 1. The molecule has 2 nitrogen and oxygen atoms in total. The molecule has 3 aromatic rings. The van der Waals surface area contributed by atoms with Gasteiger partial charge in [0.15, 0.2) is 0 Å². The Bertz CT molecular complexity index is 722. The molecule has 0 spiro atoms. The Labute approximate surface area is 131 Å². The van der Waals surface area contributed by atoms with Gasteiger partial charge in [-0.25, -0.2) is 0 Å². The van der Waals surface area contributed by atoms with Gasteiger partial charge in [-0.3, -0.25) is 4.98 Å². The van der Waals surface area contributed by atoms with Crippen LogP contribution in [0.4, 0.5) is 0 Å². The maximum atomic E-state index is 10.4. The predicted octanol–water partition coefficient (Wildman–Crippen LogP) is 4.90. The number of benzene rings is 1. The average Bonchev–Trinajstić information content (AvgIpc) is 2.77. The van der Waals surface area contributed by atoms with E-state index in [4.69, 9.17) is 0 Å². The van der Waals surface area contributed by atoms with Crippen LogP contribution in [-0.4, -0.2) is 10.1 Å². The summed E-state index contributed by atoms with van der Waals surface area (Å²) in [5.41, 5.74) is 1.74. The molecule has 1 N–H and O–H groups in total. The Kier molecular flexibility index (Phi) is 3.71. The minimum absolute atomic E-state index is 0.648. The van der Waals surface area contributed by atoms with Gasteiger partial charge in [-0.2, -0.15) is 0 Å². The first kappa shape index (κ1) is 13.2. The lowest BCUT2D eigenvalue weighted by atomic mass is 10.1. The number of aliphatic hydroxyl groups is 1. The topological polar surface area (TPSA) is 33.1 Å². The van der Waals surface area contributed by atoms with Crippen molar-refractivity contribution in [1.29, 1.82) is 0 Å². The highest BCUT2D eigenvalue weighted by Gasteiger charge is 2.15. The first-order valence-corrected chi connectivity index (χ1v) is 8.03. The van der Waals surface area contributed by atoms with Crippen molar-refractivity contribution in [2.75, 3.05) is 0 Å². The van der Waals surface area contributed by atoms with Crippen molar-refractivity contribution in [2.45, 2.75) is 6.10 Å². The third-order valence-corrected chi connectivity index (χ3v) is 6.17. The number of hydrogen-bond acceptors (Lipinski definition) is 3. The van der Waals surface area contributed by atoms with Crippen molar-refractivity contribution in [3.8, 4) is 0 Å². The van der Waals surface area contributed by atoms with Gasteiger partial charge in [-0.1, -0.05) is 18.2 Å². The Morgan fingerprint density at radius 1 is 1.16 bits per heavy atom. The standard InChI is InChI=1S/C14H9Br2NOS/c15-10-6-12(19-14(10)16)13(18)9-5-8-3-1-2-4-11(8)17-7-9/h1-7,13,18H. The molecule has 0 amide bonds. The Hall–Kier alpha value is -0.750. The second-order valence-electron chi connectivity index (χ2n) is 4.13. The van der Waals surface area contributed by atoms with Crippen molar-refractivity contribution < 1.29 is 5.11 Å². The summed E-state index contributed by atoms with van der Waals surface area (Å²) >= 11 is 8.39. The highest BCUT2D eigenvalue weighted by molar-refractivity contribution is 9.13. The zero-order valence-electron chi connectivity index (χ0n) is 9.68. The van der Waals surface area contributed by atoms with E-state index in [0.29, 0.717) is 0 Å². The first-order chi connectivity index (χ1) is 9.15. The number of thiophene rings is 1. The molecule has 1 aromatic carbocycles. The van der Waals surface area contributed by atoms with Gasteiger partial charge in [-0.05, 0) is 50.1 Å². The zero-order valence-corrected chi connectivity index (χ0v) is 13.7. The Morgan fingerprint density at radius 3 is 2.68 bits per heavy atom. The average molecular weight is 399 g/mol. The van der Waals surface area contributed by atoms with Gasteiger partial charge in [0.25, 0.3) is 0 Å². The van der Waals surface area contributed by atoms with Gasteiger partial charge in [-0.15, -0.1) is 11.3 Å². The molecule has 1 atom stereocenters. The molecule has 5 heteroatoms. The monoisotopic (exact) mass is 397 g/mol. The van der Waals surface area contributed by atoms with Gasteiger partial charge in [0.2, 0.25) is 0 Å². The molecule has 0 aliphatic heterocycles. The fraction of sp³-hybridized carbons (Fsp3) is 0.0714. The van der Waals surface area contributed by atoms with Gasteiger partial charge < -0.3 is 5.11 Å². The number of hydrogen-bond donors (Lipinski definition) is 1. The Balaban J connectivity index is 2.03. The summed E-state index contributed by atoms with van der Waals surface area (Å²) in [5, 5.41) is 11.5. The molecule has 0 aliphatic rings. The number of nitrogens with zero attached hydrogens (tertiary/aromatic N) is 1. The third-order valence-electron chi connectivity index (χ3n) is 2.86. The maximum Gasteiger partial charge on any atom is 0.115 e.